The van der Waals surface area contributed by atoms with Crippen molar-refractivity contribution in [2.45, 2.75) is 25.4 Å². The Morgan fingerprint density at radius 1 is 1.43 bits per heavy atom. The Labute approximate surface area is 124 Å². The Morgan fingerprint density at radius 3 is 3.00 bits per heavy atom. The van der Waals surface area contributed by atoms with Gasteiger partial charge in [0.25, 0.3) is 0 Å². The maximum atomic E-state index is 11.7. The third-order valence-corrected chi connectivity index (χ3v) is 4.06. The summed E-state index contributed by atoms with van der Waals surface area (Å²) in [7, 11) is 0. The fraction of sp³-hybridized carbons (Fsp3) is 0.375. The van der Waals surface area contributed by atoms with Crippen LogP contribution >= 0.6 is 0 Å². The lowest BCUT2D eigenvalue weighted by molar-refractivity contribution is -0.120. The van der Waals surface area contributed by atoms with E-state index in [0.29, 0.717) is 5.92 Å². The molecule has 1 aromatic heterocycles. The molecule has 1 aliphatic heterocycles. The molecule has 1 aromatic carbocycles. The summed E-state index contributed by atoms with van der Waals surface area (Å²) in [6.45, 7) is 1.72. The van der Waals surface area contributed by atoms with Crippen LogP contribution in [-0.2, 0) is 17.8 Å². The van der Waals surface area contributed by atoms with Crippen LogP contribution in [-0.4, -0.2) is 22.0 Å². The summed E-state index contributed by atoms with van der Waals surface area (Å²) in [4.78, 5) is 16.0. The Kier molecular flexibility index (Phi) is 4.01. The summed E-state index contributed by atoms with van der Waals surface area (Å²) in [6.07, 6.45) is 5.95. The van der Waals surface area contributed by atoms with E-state index in [-0.39, 0.29) is 5.91 Å². The number of primary amides is 1. The summed E-state index contributed by atoms with van der Waals surface area (Å²) >= 11 is 0. The van der Waals surface area contributed by atoms with Crippen LogP contribution in [0.1, 0.15) is 23.9 Å². The van der Waals surface area contributed by atoms with E-state index in [9.17, 15) is 4.79 Å². The standard InChI is InChI=1S/C16H20N4O/c17-16(21)15(13-4-2-1-3-5-13)19-10-12-6-7-14-18-8-9-20(14)11-12/h1-5,8-9,12,15,19H,6-7,10-11H2,(H2,17,21)/t12-,15-/m0/s1. The second-order valence-electron chi connectivity index (χ2n) is 5.55. The molecule has 0 fully saturated rings. The number of benzene rings is 1. The van der Waals surface area contributed by atoms with Crippen LogP contribution in [0.25, 0.3) is 0 Å². The number of carbonyl (C=O) groups excluding carboxylic acids is 1. The van der Waals surface area contributed by atoms with Gasteiger partial charge in [-0.2, -0.15) is 0 Å². The van der Waals surface area contributed by atoms with Crippen LogP contribution in [0, 0.1) is 5.92 Å². The average Bonchev–Trinajstić information content (AvgIpc) is 2.96. The SMILES string of the molecule is NC(=O)[C@@H](NC[C@@H]1CCc2nccn2C1)c1ccccc1. The molecule has 0 unspecified atom stereocenters. The number of hydrogen-bond donors (Lipinski definition) is 2. The zero-order chi connectivity index (χ0) is 14.7. The molecule has 2 aromatic rings. The van der Waals surface area contributed by atoms with Crippen molar-refractivity contribution in [2.75, 3.05) is 6.54 Å². The molecule has 3 rings (SSSR count). The molecule has 0 saturated heterocycles. The van der Waals surface area contributed by atoms with Gasteiger partial charge in [-0.3, -0.25) is 4.79 Å². The first-order chi connectivity index (χ1) is 10.2. The Bertz CT molecular complexity index is 608. The molecule has 5 heteroatoms. The quantitative estimate of drug-likeness (QED) is 0.868. The van der Waals surface area contributed by atoms with Crippen molar-refractivity contribution in [2.24, 2.45) is 11.7 Å². The third-order valence-electron chi connectivity index (χ3n) is 4.06. The van der Waals surface area contributed by atoms with E-state index in [1.54, 1.807) is 0 Å². The highest BCUT2D eigenvalue weighted by atomic mass is 16.1. The first-order valence-corrected chi connectivity index (χ1v) is 7.31. The van der Waals surface area contributed by atoms with Gasteiger partial charge in [0.1, 0.15) is 11.9 Å². The second kappa shape index (κ2) is 6.10. The number of imidazole rings is 1. The molecular formula is C16H20N4O. The molecular weight excluding hydrogens is 264 g/mol. The van der Waals surface area contributed by atoms with Gasteiger partial charge in [-0.1, -0.05) is 30.3 Å². The van der Waals surface area contributed by atoms with Crippen LogP contribution < -0.4 is 11.1 Å². The van der Waals surface area contributed by atoms with E-state index < -0.39 is 6.04 Å². The number of rotatable bonds is 5. The second-order valence-corrected chi connectivity index (χ2v) is 5.55. The van der Waals surface area contributed by atoms with Crippen molar-refractivity contribution in [3.63, 3.8) is 0 Å². The summed E-state index contributed by atoms with van der Waals surface area (Å²) in [5.74, 6) is 1.32. The van der Waals surface area contributed by atoms with Crippen LogP contribution in [0.15, 0.2) is 42.7 Å². The van der Waals surface area contributed by atoms with E-state index in [4.69, 9.17) is 5.73 Å². The highest BCUT2D eigenvalue weighted by molar-refractivity contribution is 5.81. The highest BCUT2D eigenvalue weighted by Crippen LogP contribution is 2.19. The number of fused-ring (bicyclic) bond motifs is 1. The molecule has 110 valence electrons. The van der Waals surface area contributed by atoms with Crippen molar-refractivity contribution < 1.29 is 4.79 Å². The molecule has 1 amide bonds. The molecule has 0 saturated carbocycles. The van der Waals surface area contributed by atoms with Gasteiger partial charge in [0.05, 0.1) is 0 Å². The number of aromatic nitrogens is 2. The largest absolute Gasteiger partial charge is 0.368 e. The molecule has 5 nitrogen and oxygen atoms in total. The number of hydrogen-bond acceptors (Lipinski definition) is 3. The van der Waals surface area contributed by atoms with E-state index in [0.717, 1.165) is 37.3 Å². The van der Waals surface area contributed by atoms with Gasteiger partial charge in [0.2, 0.25) is 5.91 Å². The van der Waals surface area contributed by atoms with Gasteiger partial charge in [0.15, 0.2) is 0 Å². The minimum absolute atomic E-state index is 0.333. The van der Waals surface area contributed by atoms with E-state index >= 15 is 0 Å². The summed E-state index contributed by atoms with van der Waals surface area (Å²) < 4.78 is 2.19. The smallest absolute Gasteiger partial charge is 0.239 e. The number of nitrogens with zero attached hydrogens (tertiary/aromatic N) is 2. The number of amides is 1. The molecule has 21 heavy (non-hydrogen) atoms. The Morgan fingerprint density at radius 2 is 2.24 bits per heavy atom. The summed E-state index contributed by atoms with van der Waals surface area (Å²) in [5, 5.41) is 3.32. The highest BCUT2D eigenvalue weighted by Gasteiger charge is 2.22. The monoisotopic (exact) mass is 284 g/mol. The minimum atomic E-state index is -0.421. The van der Waals surface area contributed by atoms with Crippen molar-refractivity contribution >= 4 is 5.91 Å². The molecule has 1 aliphatic rings. The maximum Gasteiger partial charge on any atom is 0.239 e. The lowest BCUT2D eigenvalue weighted by atomic mass is 9.98. The van der Waals surface area contributed by atoms with Crippen molar-refractivity contribution in [1.82, 2.24) is 14.9 Å². The van der Waals surface area contributed by atoms with Crippen LogP contribution in [0.4, 0.5) is 0 Å². The van der Waals surface area contributed by atoms with E-state index in [2.05, 4.69) is 14.9 Å². The normalized spacial score (nSPS) is 19.0. The topological polar surface area (TPSA) is 72.9 Å². The van der Waals surface area contributed by atoms with Crippen molar-refractivity contribution in [3.8, 4) is 0 Å². The molecule has 3 N–H and O–H groups in total. The first kappa shape index (κ1) is 13.8. The van der Waals surface area contributed by atoms with Crippen molar-refractivity contribution in [1.29, 1.82) is 0 Å². The zero-order valence-corrected chi connectivity index (χ0v) is 11.9. The summed E-state index contributed by atoms with van der Waals surface area (Å²) in [5.41, 5.74) is 6.45. The summed E-state index contributed by atoms with van der Waals surface area (Å²) in [6, 6.07) is 9.21. The molecule has 2 atom stereocenters. The van der Waals surface area contributed by atoms with Gasteiger partial charge in [-0.25, -0.2) is 4.98 Å². The molecule has 2 heterocycles. The Hall–Kier alpha value is -2.14. The number of carbonyl (C=O) groups is 1. The fourth-order valence-electron chi connectivity index (χ4n) is 2.92. The van der Waals surface area contributed by atoms with E-state index in [1.165, 1.54) is 0 Å². The lowest BCUT2D eigenvalue weighted by Crippen LogP contribution is -2.38. The van der Waals surface area contributed by atoms with E-state index in [1.807, 2.05) is 42.7 Å². The predicted octanol–water partition coefficient (Wildman–Crippen LogP) is 1.26. The molecule has 0 bridgehead atoms. The number of aryl methyl sites for hydroxylation is 1. The van der Waals surface area contributed by atoms with Crippen LogP contribution in [0.3, 0.4) is 0 Å². The van der Waals surface area contributed by atoms with Crippen LogP contribution in [0.5, 0.6) is 0 Å². The van der Waals surface area contributed by atoms with Gasteiger partial charge in [-0.05, 0) is 17.9 Å². The minimum Gasteiger partial charge on any atom is -0.368 e. The van der Waals surface area contributed by atoms with Gasteiger partial charge in [0, 0.05) is 31.9 Å². The molecule has 0 aliphatic carbocycles. The average molecular weight is 284 g/mol. The zero-order valence-electron chi connectivity index (χ0n) is 11.9. The number of nitrogens with one attached hydrogen (secondary N) is 1. The van der Waals surface area contributed by atoms with Gasteiger partial charge < -0.3 is 15.6 Å². The molecule has 0 radical (unpaired) electrons. The third kappa shape index (κ3) is 3.13. The fourth-order valence-corrected chi connectivity index (χ4v) is 2.92. The Balaban J connectivity index is 1.62. The maximum absolute atomic E-state index is 11.7. The van der Waals surface area contributed by atoms with Crippen molar-refractivity contribution in [3.05, 3.63) is 54.1 Å². The first-order valence-electron chi connectivity index (χ1n) is 7.31. The number of nitrogens with two attached hydrogens (primary N) is 1. The van der Waals surface area contributed by atoms with Gasteiger partial charge in [-0.15, -0.1) is 0 Å². The predicted molar refractivity (Wildman–Crippen MR) is 80.4 cm³/mol. The molecule has 0 spiro atoms. The lowest BCUT2D eigenvalue weighted by Gasteiger charge is -2.26. The van der Waals surface area contributed by atoms with Crippen LogP contribution in [0.2, 0.25) is 0 Å². The van der Waals surface area contributed by atoms with Gasteiger partial charge >= 0.3 is 0 Å².